The van der Waals surface area contributed by atoms with Crippen LogP contribution in [0.4, 0.5) is 0 Å². The molecule has 2 aliphatic rings. The van der Waals surface area contributed by atoms with Crippen molar-refractivity contribution in [1.29, 1.82) is 0 Å². The Kier molecular flexibility index (Phi) is 7.46. The Labute approximate surface area is 167 Å². The average molecular weight is 386 g/mol. The van der Waals surface area contributed by atoms with Crippen LogP contribution in [0.25, 0.3) is 0 Å². The highest BCUT2D eigenvalue weighted by Gasteiger charge is 2.23. The maximum atomic E-state index is 12.6. The van der Waals surface area contributed by atoms with E-state index in [-0.39, 0.29) is 24.3 Å². The smallest absolute Gasteiger partial charge is 0.253 e. The largest absolute Gasteiger partial charge is 0.347 e. The molecule has 0 unspecified atom stereocenters. The Balaban J connectivity index is 1.40. The van der Waals surface area contributed by atoms with Gasteiger partial charge >= 0.3 is 0 Å². The number of nitrogens with zero attached hydrogens (tertiary/aromatic N) is 2. The van der Waals surface area contributed by atoms with Gasteiger partial charge in [-0.3, -0.25) is 14.4 Å². The third kappa shape index (κ3) is 5.81. The lowest BCUT2D eigenvalue weighted by molar-refractivity contribution is -0.132. The normalized spacial score (nSPS) is 18.0. The van der Waals surface area contributed by atoms with E-state index in [4.69, 9.17) is 0 Å². The van der Waals surface area contributed by atoms with Crippen LogP contribution in [0.15, 0.2) is 30.3 Å². The minimum atomic E-state index is -0.0665. The van der Waals surface area contributed by atoms with E-state index in [9.17, 15) is 14.4 Å². The van der Waals surface area contributed by atoms with Gasteiger partial charge in [0.1, 0.15) is 0 Å². The van der Waals surface area contributed by atoms with Gasteiger partial charge < -0.3 is 15.1 Å². The molecule has 0 spiro atoms. The maximum Gasteiger partial charge on any atom is 0.253 e. The predicted molar refractivity (Wildman–Crippen MR) is 108 cm³/mol. The summed E-state index contributed by atoms with van der Waals surface area (Å²) in [4.78, 5) is 40.6. The molecule has 1 aliphatic carbocycles. The van der Waals surface area contributed by atoms with E-state index in [1.165, 1.54) is 25.7 Å². The first-order chi connectivity index (χ1) is 13.6. The average Bonchev–Trinajstić information content (AvgIpc) is 3.13. The fourth-order valence-electron chi connectivity index (χ4n) is 4.14. The fraction of sp³-hybridized carbons (Fsp3) is 0.591. The third-order valence-electron chi connectivity index (χ3n) is 5.85. The van der Waals surface area contributed by atoms with Gasteiger partial charge in [0.15, 0.2) is 0 Å². The second kappa shape index (κ2) is 10.2. The standard InChI is InChI=1S/C22H31N3O3/c26-20(12-11-18-7-4-5-8-18)23-17-21(27)24-13-6-14-25(16-15-24)22(28)19-9-2-1-3-10-19/h1-3,9-10,18H,4-8,11-17H2,(H,23,26). The molecule has 0 aromatic heterocycles. The summed E-state index contributed by atoms with van der Waals surface area (Å²) in [7, 11) is 0. The molecule has 1 heterocycles. The van der Waals surface area contributed by atoms with Gasteiger partial charge in [0.25, 0.3) is 5.91 Å². The molecule has 1 aromatic rings. The zero-order valence-electron chi connectivity index (χ0n) is 16.6. The topological polar surface area (TPSA) is 69.7 Å². The molecule has 1 saturated carbocycles. The van der Waals surface area contributed by atoms with Crippen LogP contribution in [-0.2, 0) is 9.59 Å². The molecular weight excluding hydrogens is 354 g/mol. The Morgan fingerprint density at radius 3 is 2.32 bits per heavy atom. The molecule has 1 N–H and O–H groups in total. The Bertz CT molecular complexity index is 671. The van der Waals surface area contributed by atoms with E-state index in [0.29, 0.717) is 44.1 Å². The second-order valence-corrected chi connectivity index (χ2v) is 7.86. The highest BCUT2D eigenvalue weighted by Crippen LogP contribution is 2.28. The van der Waals surface area contributed by atoms with Crippen LogP contribution in [0.3, 0.4) is 0 Å². The lowest BCUT2D eigenvalue weighted by Gasteiger charge is -2.22. The molecule has 0 radical (unpaired) electrons. The van der Waals surface area contributed by atoms with Crippen LogP contribution in [0.2, 0.25) is 0 Å². The van der Waals surface area contributed by atoms with Gasteiger partial charge in [-0.05, 0) is 30.9 Å². The van der Waals surface area contributed by atoms with Gasteiger partial charge in [-0.15, -0.1) is 0 Å². The van der Waals surface area contributed by atoms with E-state index in [0.717, 1.165) is 12.8 Å². The number of carbonyl (C=O) groups is 3. The highest BCUT2D eigenvalue weighted by molar-refractivity contribution is 5.94. The fourth-order valence-corrected chi connectivity index (χ4v) is 4.14. The molecule has 1 aromatic carbocycles. The molecular formula is C22H31N3O3. The predicted octanol–water partition coefficient (Wildman–Crippen LogP) is 2.45. The minimum Gasteiger partial charge on any atom is -0.347 e. The lowest BCUT2D eigenvalue weighted by atomic mass is 10.0. The second-order valence-electron chi connectivity index (χ2n) is 7.86. The summed E-state index contributed by atoms with van der Waals surface area (Å²) in [6.07, 6.45) is 7.22. The van der Waals surface area contributed by atoms with E-state index < -0.39 is 0 Å². The summed E-state index contributed by atoms with van der Waals surface area (Å²) in [6.45, 7) is 2.35. The molecule has 1 aliphatic heterocycles. The molecule has 28 heavy (non-hydrogen) atoms. The number of carbonyl (C=O) groups excluding carboxylic acids is 3. The van der Waals surface area contributed by atoms with Crippen molar-refractivity contribution >= 4 is 17.7 Å². The first-order valence-electron chi connectivity index (χ1n) is 10.5. The molecule has 2 fully saturated rings. The number of rotatable bonds is 6. The minimum absolute atomic E-state index is 0.00937. The number of nitrogens with one attached hydrogen (secondary N) is 1. The zero-order valence-corrected chi connectivity index (χ0v) is 16.6. The van der Waals surface area contributed by atoms with Crippen LogP contribution < -0.4 is 5.32 Å². The van der Waals surface area contributed by atoms with Crippen molar-refractivity contribution in [2.24, 2.45) is 5.92 Å². The maximum absolute atomic E-state index is 12.6. The quantitative estimate of drug-likeness (QED) is 0.818. The SMILES string of the molecule is O=C(CCC1CCCC1)NCC(=O)N1CCCN(C(=O)c2ccccc2)CC1. The van der Waals surface area contributed by atoms with Crippen molar-refractivity contribution in [3.8, 4) is 0 Å². The monoisotopic (exact) mass is 385 g/mol. The van der Waals surface area contributed by atoms with E-state index in [2.05, 4.69) is 5.32 Å². The summed E-state index contributed by atoms with van der Waals surface area (Å²) in [5.74, 6) is 0.592. The molecule has 6 nitrogen and oxygen atoms in total. The van der Waals surface area contributed by atoms with Crippen LogP contribution in [0.1, 0.15) is 55.3 Å². The van der Waals surface area contributed by atoms with Gasteiger partial charge in [-0.2, -0.15) is 0 Å². The van der Waals surface area contributed by atoms with Crippen molar-refractivity contribution in [1.82, 2.24) is 15.1 Å². The molecule has 3 rings (SSSR count). The summed E-state index contributed by atoms with van der Waals surface area (Å²) in [5, 5.41) is 2.77. The number of hydrogen-bond acceptors (Lipinski definition) is 3. The van der Waals surface area contributed by atoms with Crippen LogP contribution in [0, 0.1) is 5.92 Å². The number of amides is 3. The number of hydrogen-bond donors (Lipinski definition) is 1. The van der Waals surface area contributed by atoms with Crippen molar-refractivity contribution < 1.29 is 14.4 Å². The molecule has 152 valence electrons. The van der Waals surface area contributed by atoms with Gasteiger partial charge in [0.2, 0.25) is 11.8 Å². The van der Waals surface area contributed by atoms with E-state index >= 15 is 0 Å². The van der Waals surface area contributed by atoms with Gasteiger partial charge in [0, 0.05) is 38.2 Å². The molecule has 0 bridgehead atoms. The van der Waals surface area contributed by atoms with Gasteiger partial charge in [-0.25, -0.2) is 0 Å². The van der Waals surface area contributed by atoms with Gasteiger partial charge in [-0.1, -0.05) is 43.9 Å². The summed E-state index contributed by atoms with van der Waals surface area (Å²) in [5.41, 5.74) is 0.678. The van der Waals surface area contributed by atoms with Crippen molar-refractivity contribution in [2.75, 3.05) is 32.7 Å². The van der Waals surface area contributed by atoms with E-state index in [1.54, 1.807) is 4.90 Å². The highest BCUT2D eigenvalue weighted by atomic mass is 16.2. The van der Waals surface area contributed by atoms with Crippen LogP contribution >= 0.6 is 0 Å². The van der Waals surface area contributed by atoms with Crippen molar-refractivity contribution in [3.63, 3.8) is 0 Å². The zero-order chi connectivity index (χ0) is 19.8. The summed E-state index contributed by atoms with van der Waals surface area (Å²) < 4.78 is 0. The third-order valence-corrected chi connectivity index (χ3v) is 5.85. The molecule has 6 heteroatoms. The summed E-state index contributed by atoms with van der Waals surface area (Å²) >= 11 is 0. The Morgan fingerprint density at radius 1 is 0.893 bits per heavy atom. The number of benzene rings is 1. The van der Waals surface area contributed by atoms with Crippen molar-refractivity contribution in [3.05, 3.63) is 35.9 Å². The van der Waals surface area contributed by atoms with Crippen molar-refractivity contribution in [2.45, 2.75) is 44.9 Å². The first-order valence-corrected chi connectivity index (χ1v) is 10.5. The summed E-state index contributed by atoms with van der Waals surface area (Å²) in [6, 6.07) is 9.24. The lowest BCUT2D eigenvalue weighted by Crippen LogP contribution is -2.42. The first kappa shape index (κ1) is 20.4. The Hall–Kier alpha value is -2.37. The van der Waals surface area contributed by atoms with Crippen LogP contribution in [0.5, 0.6) is 0 Å². The van der Waals surface area contributed by atoms with E-state index in [1.807, 2.05) is 35.2 Å². The molecule has 3 amide bonds. The van der Waals surface area contributed by atoms with Crippen LogP contribution in [-0.4, -0.2) is 60.2 Å². The van der Waals surface area contributed by atoms with Gasteiger partial charge in [0.05, 0.1) is 6.54 Å². The Morgan fingerprint density at radius 2 is 1.57 bits per heavy atom. The molecule has 1 saturated heterocycles. The molecule has 0 atom stereocenters.